The quantitative estimate of drug-likeness (QED) is 0.0263. The molecule has 36 nitrogen and oxygen atoms in total. The number of halogens is 1. The van der Waals surface area contributed by atoms with Crippen molar-refractivity contribution < 1.29 is 71.5 Å². The van der Waals surface area contributed by atoms with Gasteiger partial charge in [0.05, 0.1) is 65.4 Å². The van der Waals surface area contributed by atoms with Crippen LogP contribution in [0.25, 0.3) is 50.4 Å². The van der Waals surface area contributed by atoms with Gasteiger partial charge >= 0.3 is 0 Å². The first-order valence-corrected chi connectivity index (χ1v) is 53.5. The third-order valence-electron chi connectivity index (χ3n) is 26.2. The number of fused-ring (bicyclic) bond motifs is 1. The van der Waals surface area contributed by atoms with Gasteiger partial charge in [-0.3, -0.25) is 33.8 Å². The van der Waals surface area contributed by atoms with Crippen molar-refractivity contribution >= 4 is 104 Å². The summed E-state index contributed by atoms with van der Waals surface area (Å²) in [5, 5.41) is 6.61. The molecule has 4 aromatic carbocycles. The van der Waals surface area contributed by atoms with Crippen molar-refractivity contribution in [2.75, 3.05) is 66.1 Å². The van der Waals surface area contributed by atoms with Gasteiger partial charge in [0.25, 0.3) is 74.8 Å². The highest BCUT2D eigenvalue weighted by molar-refractivity contribution is 7.91. The van der Waals surface area contributed by atoms with E-state index in [9.17, 15) is 66.8 Å². The van der Waals surface area contributed by atoms with Crippen molar-refractivity contribution in [1.29, 1.82) is 0 Å². The van der Waals surface area contributed by atoms with Crippen molar-refractivity contribution in [3.05, 3.63) is 273 Å². The van der Waals surface area contributed by atoms with Gasteiger partial charge in [0, 0.05) is 101 Å². The minimum atomic E-state index is -4.46. The Morgan fingerprint density at radius 1 is 0.473 bits per heavy atom. The van der Waals surface area contributed by atoms with Crippen LogP contribution in [0.2, 0.25) is 0 Å². The molecule has 41 heteroatoms. The number of hydrogen-bond acceptors (Lipinski definition) is 29. The number of aromatic nitrogens is 10. The zero-order valence-electron chi connectivity index (χ0n) is 84.1. The van der Waals surface area contributed by atoms with Crippen LogP contribution >= 0.6 is 0 Å². The Morgan fingerprint density at radius 3 is 1.38 bits per heavy atom. The van der Waals surface area contributed by atoms with E-state index in [-0.39, 0.29) is 89.1 Å². The standard InChI is InChI=1S/C29H30N4O3S.C27H33N5O4S.C25H27FN4O5S.C24H30N6O5S/c1-18-16-23(29(2,3)17-18)26-22(28(34)33-37(35,36)25-12-7-15-31-27(25)30)13-14-24(32-26)21-11-6-9-19-8-4-5-10-20(19)21;1-6-36-22-12-9-19(14-18(22)3)21-11-10-20(25(30-21)32-16-17(2)15-27(32,4)5)26(33)31-37(34,35)23-8-7-13-29-24(23)28;1-15-13-25(2,3)30(14-15)22-18(23(31)29-36(33,34)21-6-5-11-27-24(21)32)9-10-20(28-22)17-8-7-16(35-4)12-19(17)26;1-6-35-23-16(3)14-30(27-23)19-10-9-17(20(26-19)29-13-15(2)12-24(29,4)5)21(31)28-36(33,34)18-8-7-11-25-22(18)32/h4-15,18,23H,16-17H2,1-3H3,(H2,30,31)(H,33,34);7-14,17H,6,15-16H2,1-5H3,(H2,28,29)(H,31,33);5-12,15H,13-14H2,1-4H3,(H,27,32)(H,29,31);7-11,14-15H,6,12-13H2,1-5H3,(H,25,32)(H,28,31)/t18-,23?;17-;2*15-/m1000/s1. The lowest BCUT2D eigenvalue weighted by atomic mass is 9.78. The van der Waals surface area contributed by atoms with E-state index >= 15 is 0 Å². The fourth-order valence-corrected chi connectivity index (χ4v) is 24.0. The number of hydrogen-bond donors (Lipinski definition) is 8. The van der Waals surface area contributed by atoms with E-state index in [1.807, 2.05) is 103 Å². The Hall–Kier alpha value is -14.8. The number of rotatable bonds is 25. The minimum Gasteiger partial charge on any atom is -0.497 e. The number of aromatic amines is 2. The van der Waals surface area contributed by atoms with Gasteiger partial charge in [0.15, 0.2) is 15.6 Å². The zero-order chi connectivity index (χ0) is 106. The van der Waals surface area contributed by atoms with Gasteiger partial charge in [-0.05, 0) is 274 Å². The Morgan fingerprint density at radius 2 is 0.925 bits per heavy atom. The highest BCUT2D eigenvalue weighted by atomic mass is 32.2. The number of amides is 4. The first-order valence-electron chi connectivity index (χ1n) is 47.5. The van der Waals surface area contributed by atoms with Crippen molar-refractivity contribution in [2.24, 2.45) is 29.1 Å². The van der Waals surface area contributed by atoms with Crippen molar-refractivity contribution in [2.45, 2.75) is 185 Å². The fraction of sp³-hybridized carbons (Fsp3) is 0.343. The van der Waals surface area contributed by atoms with E-state index in [2.05, 4.69) is 132 Å². The summed E-state index contributed by atoms with van der Waals surface area (Å²) in [5.41, 5.74) is 15.4. The summed E-state index contributed by atoms with van der Waals surface area (Å²) in [6.07, 6.45) is 11.6. The number of sulfonamides is 4. The third-order valence-corrected chi connectivity index (χ3v) is 31.6. The Bertz CT molecular complexity index is 7810. The largest absolute Gasteiger partial charge is 0.497 e. The van der Waals surface area contributed by atoms with E-state index in [0.29, 0.717) is 91.1 Å². The number of carbonyl (C=O) groups is 4. The van der Waals surface area contributed by atoms with Gasteiger partial charge in [-0.2, -0.15) is 0 Å². The van der Waals surface area contributed by atoms with Crippen LogP contribution in [0.3, 0.4) is 0 Å². The normalized spacial score (nSPS) is 17.6. The predicted octanol–water partition coefficient (Wildman–Crippen LogP) is 15.4. The molecule has 0 radical (unpaired) electrons. The summed E-state index contributed by atoms with van der Waals surface area (Å²) in [6, 6.07) is 47.7. The maximum absolute atomic E-state index is 14.8. The molecule has 0 spiro atoms. The lowest BCUT2D eigenvalue weighted by Crippen LogP contribution is -2.41. The molecule has 9 aromatic heterocycles. The Kier molecular flexibility index (Phi) is 31.4. The fourth-order valence-electron chi connectivity index (χ4n) is 19.9. The number of anilines is 5. The number of pyridine rings is 8. The van der Waals surface area contributed by atoms with Crippen LogP contribution < -0.4 is 70.4 Å². The lowest BCUT2D eigenvalue weighted by Gasteiger charge is -2.34. The van der Waals surface area contributed by atoms with E-state index in [4.69, 9.17) is 40.6 Å². The Balaban J connectivity index is 0.000000154. The van der Waals surface area contributed by atoms with Gasteiger partial charge in [-0.25, -0.2) is 86.6 Å². The van der Waals surface area contributed by atoms with E-state index in [1.54, 1.807) is 47.3 Å². The van der Waals surface area contributed by atoms with Crippen LogP contribution in [0.5, 0.6) is 17.4 Å². The molecular formula is C105H120FN19O17S4. The van der Waals surface area contributed by atoms with Gasteiger partial charge in [0.1, 0.15) is 56.2 Å². The molecule has 4 fully saturated rings. The molecule has 146 heavy (non-hydrogen) atoms. The number of aryl methyl sites for hydroxylation is 2. The first-order chi connectivity index (χ1) is 68.8. The molecule has 10 N–H and O–H groups in total. The Labute approximate surface area is 847 Å². The summed E-state index contributed by atoms with van der Waals surface area (Å²) < 4.78 is 144. The van der Waals surface area contributed by atoms with Crippen LogP contribution in [0.4, 0.5) is 33.5 Å². The van der Waals surface area contributed by atoms with Crippen LogP contribution in [-0.2, 0) is 40.1 Å². The second kappa shape index (κ2) is 42.8. The van der Waals surface area contributed by atoms with Crippen LogP contribution in [-0.4, -0.2) is 164 Å². The third kappa shape index (κ3) is 23.5. The summed E-state index contributed by atoms with van der Waals surface area (Å²) in [4.78, 5) is 113. The van der Waals surface area contributed by atoms with Crippen LogP contribution in [0.15, 0.2) is 236 Å². The maximum atomic E-state index is 14.8. The van der Waals surface area contributed by atoms with Gasteiger partial charge in [-0.1, -0.05) is 84.0 Å². The molecule has 4 aliphatic rings. The van der Waals surface area contributed by atoms with Crippen molar-refractivity contribution in [3.8, 4) is 57.0 Å². The predicted molar refractivity (Wildman–Crippen MR) is 557 cm³/mol. The van der Waals surface area contributed by atoms with E-state index in [0.717, 1.165) is 88.7 Å². The van der Waals surface area contributed by atoms with E-state index < -0.39 is 96.0 Å². The summed E-state index contributed by atoms with van der Waals surface area (Å²) >= 11 is 0. The molecule has 4 amide bonds. The summed E-state index contributed by atoms with van der Waals surface area (Å²) in [7, 11) is -15.9. The highest BCUT2D eigenvalue weighted by Crippen LogP contribution is 2.53. The SMILES string of the molecule is CCOc1ccc(-c2ccc(C(=O)NS(=O)(=O)c3cccnc3N)c(N3C[C@@H](C)CC3(C)C)n2)cc1C.CCOc1nn(-c2ccc(C(=O)NS(=O)(=O)c3ccc[nH]c3=O)c(N3C[C@@H](C)CC3(C)C)n2)cc1C.COc1ccc(-c2ccc(C(=O)NS(=O)(=O)c3ccc[nH]c3=O)c(N3C[C@@H](C)CC3(C)C)n2)c(F)c1.C[C@@H]1CC(c2nc(-c3cccc4ccccc34)ccc2C(=O)NS(=O)(=O)c2cccnc2N)C(C)(C)C1. The number of benzene rings is 4. The molecule has 0 bridgehead atoms. The number of H-pyrrole nitrogens is 2. The second-order valence-electron chi connectivity index (χ2n) is 39.6. The number of nitrogens with one attached hydrogen (secondary N) is 6. The number of methoxy groups -OCH3 is 1. The molecule has 13 aromatic rings. The van der Waals surface area contributed by atoms with E-state index in [1.165, 1.54) is 98.6 Å². The summed E-state index contributed by atoms with van der Waals surface area (Å²) in [6.45, 7) is 35.8. The average molecular weight is 2070 g/mol. The second-order valence-corrected chi connectivity index (χ2v) is 46.2. The maximum Gasteiger partial charge on any atom is 0.269 e. The molecule has 17 rings (SSSR count). The molecule has 768 valence electrons. The van der Waals surface area contributed by atoms with Crippen molar-refractivity contribution in [1.82, 2.24) is 68.5 Å². The minimum absolute atomic E-state index is 0.00854. The number of nitrogens with two attached hydrogens (primary N) is 2. The number of ether oxygens (including phenoxy) is 3. The summed E-state index contributed by atoms with van der Waals surface area (Å²) in [5.74, 6) is 0.290. The molecule has 12 heterocycles. The molecule has 1 unspecified atom stereocenters. The van der Waals surface area contributed by atoms with Crippen LogP contribution in [0, 0.1) is 48.8 Å². The van der Waals surface area contributed by atoms with Crippen molar-refractivity contribution in [3.63, 3.8) is 0 Å². The molecule has 5 atom stereocenters. The highest BCUT2D eigenvalue weighted by Gasteiger charge is 2.46. The molecule has 1 saturated carbocycles. The van der Waals surface area contributed by atoms with Gasteiger partial charge < -0.3 is 50.3 Å². The smallest absolute Gasteiger partial charge is 0.269 e. The zero-order valence-corrected chi connectivity index (χ0v) is 87.4. The van der Waals surface area contributed by atoms with Gasteiger partial charge in [-0.15, -0.1) is 5.10 Å². The first kappa shape index (κ1) is 107. The van der Waals surface area contributed by atoms with Crippen LogP contribution in [0.1, 0.15) is 193 Å². The monoisotopic (exact) mass is 2070 g/mol. The molecule has 1 aliphatic carbocycles. The molecular weight excluding hydrogens is 1950 g/mol. The molecule has 3 saturated heterocycles. The number of carbonyl (C=O) groups excluding carboxylic acids is 4. The topological polar surface area (TPSA) is 503 Å². The lowest BCUT2D eigenvalue weighted by molar-refractivity contribution is 0.0970. The molecule has 3 aliphatic heterocycles. The number of nitrogens with zero attached hydrogens (tertiary/aromatic N) is 11. The average Bonchev–Trinajstić information content (AvgIpc) is 1.48. The van der Waals surface area contributed by atoms with Gasteiger partial charge in [0.2, 0.25) is 5.88 Å². The number of nitrogen functional groups attached to an aromatic ring is 2.